The van der Waals surface area contributed by atoms with E-state index in [4.69, 9.17) is 15.3 Å². The van der Waals surface area contributed by atoms with Crippen LogP contribution in [0.5, 0.6) is 0 Å². The van der Waals surface area contributed by atoms with E-state index >= 15 is 0 Å². The van der Waals surface area contributed by atoms with Gasteiger partial charge in [0.1, 0.15) is 0 Å². The third-order valence-corrected chi connectivity index (χ3v) is 11.0. The fraction of sp³-hybridized carbons (Fsp3) is 0.833. The molecule has 0 aromatic carbocycles. The van der Waals surface area contributed by atoms with Gasteiger partial charge < -0.3 is 15.3 Å². The van der Waals surface area contributed by atoms with Gasteiger partial charge in [0, 0.05) is 59.7 Å². The van der Waals surface area contributed by atoms with Gasteiger partial charge in [0.25, 0.3) is 0 Å². The average Bonchev–Trinajstić information content (AvgIpc) is 3.22. The summed E-state index contributed by atoms with van der Waals surface area (Å²) in [4.78, 5) is 31.0. The van der Waals surface area contributed by atoms with Crippen LogP contribution in [0.15, 0.2) is 36.5 Å². The first-order valence-corrected chi connectivity index (χ1v) is 25.9. The van der Waals surface area contributed by atoms with Crippen molar-refractivity contribution in [3.8, 4) is 0 Å². The Morgan fingerprint density at radius 3 is 0.574 bits per heavy atom. The Bertz CT molecular complexity index is 827. The van der Waals surface area contributed by atoms with E-state index in [0.29, 0.717) is 19.3 Å². The second-order valence-electron chi connectivity index (χ2n) is 17.2. The fourth-order valence-corrected chi connectivity index (χ4v) is 7.04. The maximum absolute atomic E-state index is 10.3. The molecule has 0 aliphatic carbocycles. The number of hydrogen-bond acceptors (Lipinski definition) is 3. The molecular formula is C54H102O6Pm. The Balaban J connectivity index is -0.000000396. The van der Waals surface area contributed by atoms with Crippen molar-refractivity contribution >= 4 is 17.9 Å². The van der Waals surface area contributed by atoms with Crippen molar-refractivity contribution in [2.45, 2.75) is 290 Å². The minimum atomic E-state index is -0.664. The fourth-order valence-electron chi connectivity index (χ4n) is 7.04. The van der Waals surface area contributed by atoms with Crippen LogP contribution in [0.25, 0.3) is 0 Å². The SMILES string of the molecule is CCCCCCCC/C=C\CCCCCCCC(=O)O.CCCCCCCC/C=C\CCCCCCCC(=O)O.CCCCCCCC/C=C\CCCCCCCC(=O)O.[Pm]. The van der Waals surface area contributed by atoms with Crippen LogP contribution in [0.3, 0.4) is 0 Å². The van der Waals surface area contributed by atoms with Crippen LogP contribution in [0.1, 0.15) is 290 Å². The zero-order valence-electron chi connectivity index (χ0n) is 40.7. The van der Waals surface area contributed by atoms with Gasteiger partial charge in [-0.15, -0.1) is 0 Å². The number of unbranched alkanes of at least 4 members (excludes halogenated alkanes) is 33. The van der Waals surface area contributed by atoms with Crippen molar-refractivity contribution in [3.63, 3.8) is 0 Å². The van der Waals surface area contributed by atoms with Gasteiger partial charge in [-0.05, 0) is 96.3 Å². The van der Waals surface area contributed by atoms with E-state index < -0.39 is 17.9 Å². The van der Waals surface area contributed by atoms with E-state index in [9.17, 15) is 14.4 Å². The number of carboxylic acids is 3. The predicted octanol–water partition coefficient (Wildman–Crippen LogP) is 18.3. The van der Waals surface area contributed by atoms with E-state index in [-0.39, 0.29) is 40.4 Å². The van der Waals surface area contributed by atoms with Crippen molar-refractivity contribution in [1.82, 2.24) is 0 Å². The van der Waals surface area contributed by atoms with Gasteiger partial charge in [-0.3, -0.25) is 14.4 Å². The Morgan fingerprint density at radius 2 is 0.410 bits per heavy atom. The van der Waals surface area contributed by atoms with Crippen LogP contribution in [-0.2, 0) is 14.4 Å². The molecule has 0 aliphatic heterocycles. The van der Waals surface area contributed by atoms with Crippen molar-refractivity contribution in [2.24, 2.45) is 0 Å². The Kier molecular flexibility index (Phi) is 69.0. The Morgan fingerprint density at radius 1 is 0.262 bits per heavy atom. The second kappa shape index (κ2) is 63.3. The molecule has 0 rings (SSSR count). The normalized spacial score (nSPS) is 11.1. The molecule has 6 nitrogen and oxygen atoms in total. The molecule has 3 N–H and O–H groups in total. The van der Waals surface area contributed by atoms with E-state index in [1.165, 1.54) is 212 Å². The second-order valence-corrected chi connectivity index (χ2v) is 17.2. The third kappa shape index (κ3) is 76.6. The molecule has 1 radical (unpaired) electrons. The Labute approximate surface area is 411 Å². The largest absolute Gasteiger partial charge is 0.481 e. The Hall–Kier alpha value is -1.03. The number of aliphatic carboxylic acids is 3. The van der Waals surface area contributed by atoms with Crippen LogP contribution in [0.4, 0.5) is 0 Å². The molecule has 0 heterocycles. The van der Waals surface area contributed by atoms with Gasteiger partial charge in [0.15, 0.2) is 0 Å². The van der Waals surface area contributed by atoms with Crippen molar-refractivity contribution in [1.29, 1.82) is 0 Å². The first kappa shape index (κ1) is 66.6. The number of allylic oxidation sites excluding steroid dienone is 6. The van der Waals surface area contributed by atoms with Gasteiger partial charge in [-0.2, -0.15) is 0 Å². The molecule has 7 heteroatoms. The van der Waals surface area contributed by atoms with E-state index in [1.54, 1.807) is 0 Å². The number of carboxylic acid groups (broad SMARTS) is 3. The molecule has 0 unspecified atom stereocenters. The molecule has 0 aromatic heterocycles. The van der Waals surface area contributed by atoms with Crippen LogP contribution in [0.2, 0.25) is 0 Å². The summed E-state index contributed by atoms with van der Waals surface area (Å²) < 4.78 is 0. The average molecular weight is 992 g/mol. The molecule has 61 heavy (non-hydrogen) atoms. The topological polar surface area (TPSA) is 112 Å². The molecule has 0 fully saturated rings. The van der Waals surface area contributed by atoms with Gasteiger partial charge in [0.2, 0.25) is 0 Å². The first-order chi connectivity index (χ1) is 29.3. The minimum Gasteiger partial charge on any atom is -0.481 e. The van der Waals surface area contributed by atoms with Gasteiger partial charge in [0.05, 0.1) is 0 Å². The zero-order chi connectivity index (χ0) is 44.7. The van der Waals surface area contributed by atoms with Crippen molar-refractivity contribution in [3.05, 3.63) is 36.5 Å². The molecule has 0 aliphatic rings. The summed E-state index contributed by atoms with van der Waals surface area (Å²) >= 11 is 0. The summed E-state index contributed by atoms with van der Waals surface area (Å²) in [5, 5.41) is 25.5. The maximum Gasteiger partial charge on any atom is 0.303 e. The minimum absolute atomic E-state index is 0. The van der Waals surface area contributed by atoms with Crippen molar-refractivity contribution in [2.75, 3.05) is 0 Å². The van der Waals surface area contributed by atoms with Crippen LogP contribution < -0.4 is 0 Å². The van der Waals surface area contributed by atoms with Crippen molar-refractivity contribution < 1.29 is 70.1 Å². The smallest absolute Gasteiger partial charge is 0.303 e. The van der Waals surface area contributed by atoms with Gasteiger partial charge in [-0.25, -0.2) is 0 Å². The quantitative estimate of drug-likeness (QED) is 0.0414. The molecule has 0 aromatic rings. The molecule has 359 valence electrons. The molecule has 0 saturated heterocycles. The summed E-state index contributed by atoms with van der Waals surface area (Å²) in [6.07, 6.45) is 63.7. The number of carbonyl (C=O) groups is 3. The van der Waals surface area contributed by atoms with E-state index in [0.717, 1.165) is 38.5 Å². The zero-order valence-corrected chi connectivity index (χ0v) is 43.5. The van der Waals surface area contributed by atoms with Gasteiger partial charge in [-0.1, -0.05) is 211 Å². The molecule has 0 atom stereocenters. The predicted molar refractivity (Wildman–Crippen MR) is 261 cm³/mol. The molecule has 0 saturated carbocycles. The van der Waals surface area contributed by atoms with Gasteiger partial charge >= 0.3 is 17.9 Å². The molecule has 0 bridgehead atoms. The van der Waals surface area contributed by atoms with E-state index in [2.05, 4.69) is 57.2 Å². The monoisotopic (exact) mass is 992 g/mol. The molecular weight excluding hydrogens is 890 g/mol. The first-order valence-electron chi connectivity index (χ1n) is 25.9. The standard InChI is InChI=1S/3C18H34O2.Pm/c3*1-2-3-4-5-6-7-8-9-10-11-12-13-14-15-16-17-18(19)20;/h3*9-10H,2-8,11-17H2,1H3,(H,19,20);/b3*10-9-;. The maximum atomic E-state index is 10.3. The number of hydrogen-bond donors (Lipinski definition) is 3. The third-order valence-electron chi connectivity index (χ3n) is 11.0. The van der Waals surface area contributed by atoms with Crippen LogP contribution in [-0.4, -0.2) is 33.2 Å². The summed E-state index contributed by atoms with van der Waals surface area (Å²) in [7, 11) is 0. The van der Waals surface area contributed by atoms with Crippen LogP contribution in [0, 0.1) is 40.4 Å². The summed E-state index contributed by atoms with van der Waals surface area (Å²) in [6, 6.07) is 0. The summed E-state index contributed by atoms with van der Waals surface area (Å²) in [6.45, 7) is 6.78. The molecule has 0 amide bonds. The summed E-state index contributed by atoms with van der Waals surface area (Å²) in [5.41, 5.74) is 0. The summed E-state index contributed by atoms with van der Waals surface area (Å²) in [5.74, 6) is -1.99. The molecule has 0 spiro atoms. The number of rotatable bonds is 45. The van der Waals surface area contributed by atoms with Crippen LogP contribution >= 0.6 is 0 Å². The van der Waals surface area contributed by atoms with E-state index in [1.807, 2.05) is 0 Å².